The SMILES string of the molecule is Nc1nccn2c(C3CC(O)(COS(=O)[O-])C3)nc(-c3ccc4ccc(C5C=CC=CC5)nc4c3)c12. The number of aromatic nitrogens is 4. The number of imidazole rings is 1. The van der Waals surface area contributed by atoms with Gasteiger partial charge in [-0.3, -0.25) is 13.6 Å². The summed E-state index contributed by atoms with van der Waals surface area (Å²) in [4.78, 5) is 14.2. The molecule has 0 spiro atoms. The molecule has 6 rings (SSSR count). The lowest BCUT2D eigenvalue weighted by molar-refractivity contribution is -0.0804. The lowest BCUT2D eigenvalue weighted by Gasteiger charge is -2.42. The topological polar surface area (TPSA) is 139 Å². The largest absolute Gasteiger partial charge is 0.750 e. The van der Waals surface area contributed by atoms with Crippen LogP contribution in [0.25, 0.3) is 27.7 Å². The van der Waals surface area contributed by atoms with Crippen molar-refractivity contribution in [1.29, 1.82) is 0 Å². The average Bonchev–Trinajstić information content (AvgIpc) is 3.26. The number of rotatable bonds is 6. The van der Waals surface area contributed by atoms with Crippen molar-refractivity contribution < 1.29 is 18.1 Å². The number of nitrogen functional groups attached to an aromatic ring is 1. The van der Waals surface area contributed by atoms with Crippen molar-refractivity contribution in [3.8, 4) is 11.3 Å². The van der Waals surface area contributed by atoms with E-state index in [1.165, 1.54) is 0 Å². The Balaban J connectivity index is 1.38. The zero-order valence-corrected chi connectivity index (χ0v) is 20.1. The first kappa shape index (κ1) is 23.0. The molecule has 1 fully saturated rings. The minimum atomic E-state index is -2.67. The lowest BCUT2D eigenvalue weighted by atomic mass is 9.71. The molecule has 4 aromatic rings. The maximum Gasteiger partial charge on any atom is 0.150 e. The molecule has 0 radical (unpaired) electrons. The molecule has 2 aliphatic rings. The summed E-state index contributed by atoms with van der Waals surface area (Å²) in [7, 11) is 0. The van der Waals surface area contributed by atoms with Gasteiger partial charge in [-0.25, -0.2) is 14.2 Å². The second-order valence-electron chi connectivity index (χ2n) is 9.44. The summed E-state index contributed by atoms with van der Waals surface area (Å²) in [5.41, 5.74) is 9.24. The standard InChI is InChI=1S/C26H25N5O4S/c27-24-23-22(18-7-6-17-8-9-20(29-21(17)12-18)16-4-2-1-3-5-16)30-25(31(23)11-10-28-24)19-13-26(32,14-19)15-35-36(33)34/h1-4,6-12,16,19,32H,5,13-15H2,(H2,27,28)(H,33,34)/p-1. The maximum absolute atomic E-state index is 10.7. The van der Waals surface area contributed by atoms with E-state index in [2.05, 4.69) is 45.6 Å². The summed E-state index contributed by atoms with van der Waals surface area (Å²) in [5, 5.41) is 11.6. The first-order valence-electron chi connectivity index (χ1n) is 11.7. The van der Waals surface area contributed by atoms with Crippen LogP contribution in [0.1, 0.15) is 42.6 Å². The van der Waals surface area contributed by atoms with Gasteiger partial charge in [-0.05, 0) is 31.4 Å². The van der Waals surface area contributed by atoms with E-state index in [0.29, 0.717) is 29.9 Å². The molecule has 3 heterocycles. The van der Waals surface area contributed by atoms with Crippen molar-refractivity contribution >= 4 is 33.6 Å². The number of hydrogen-bond donors (Lipinski definition) is 2. The Morgan fingerprint density at radius 3 is 2.83 bits per heavy atom. The number of anilines is 1. The van der Waals surface area contributed by atoms with Crippen molar-refractivity contribution in [1.82, 2.24) is 19.4 Å². The molecule has 3 N–H and O–H groups in total. The predicted molar refractivity (Wildman–Crippen MR) is 136 cm³/mol. The van der Waals surface area contributed by atoms with Crippen LogP contribution in [0.4, 0.5) is 5.82 Å². The number of allylic oxidation sites excluding steroid dienone is 4. The van der Waals surface area contributed by atoms with Gasteiger partial charge in [0.2, 0.25) is 0 Å². The molecule has 3 aromatic heterocycles. The van der Waals surface area contributed by atoms with Crippen molar-refractivity contribution in [2.45, 2.75) is 36.7 Å². The maximum atomic E-state index is 10.7. The van der Waals surface area contributed by atoms with Crippen LogP contribution >= 0.6 is 0 Å². The molecule has 184 valence electrons. The van der Waals surface area contributed by atoms with E-state index in [9.17, 15) is 13.9 Å². The van der Waals surface area contributed by atoms with Crippen LogP contribution in [0.15, 0.2) is 67.0 Å². The number of hydrogen-bond acceptors (Lipinski definition) is 8. The third-order valence-corrected chi connectivity index (χ3v) is 7.31. The third-order valence-electron chi connectivity index (χ3n) is 7.00. The first-order valence-corrected chi connectivity index (χ1v) is 12.7. The highest BCUT2D eigenvalue weighted by Crippen LogP contribution is 2.46. The number of nitrogens with zero attached hydrogens (tertiary/aromatic N) is 4. The second-order valence-corrected chi connectivity index (χ2v) is 10.1. The summed E-state index contributed by atoms with van der Waals surface area (Å²) in [5.74, 6) is 1.26. The fraction of sp³-hybridized carbons (Fsp3) is 0.269. The van der Waals surface area contributed by atoms with E-state index in [-0.39, 0.29) is 18.4 Å². The van der Waals surface area contributed by atoms with E-state index in [1.807, 2.05) is 22.6 Å². The summed E-state index contributed by atoms with van der Waals surface area (Å²) < 4.78 is 28.0. The highest BCUT2D eigenvalue weighted by molar-refractivity contribution is 7.74. The molecule has 2 unspecified atom stereocenters. The van der Waals surface area contributed by atoms with Gasteiger partial charge in [-0.15, -0.1) is 0 Å². The van der Waals surface area contributed by atoms with E-state index in [0.717, 1.165) is 34.4 Å². The van der Waals surface area contributed by atoms with Crippen molar-refractivity contribution in [2.24, 2.45) is 0 Å². The van der Waals surface area contributed by atoms with Crippen LogP contribution in [0.5, 0.6) is 0 Å². The number of benzene rings is 1. The summed E-state index contributed by atoms with van der Waals surface area (Å²) in [6, 6.07) is 10.2. The van der Waals surface area contributed by atoms with E-state index in [4.69, 9.17) is 15.7 Å². The van der Waals surface area contributed by atoms with Gasteiger partial charge in [0.1, 0.15) is 22.9 Å². The molecule has 0 amide bonds. The van der Waals surface area contributed by atoms with Gasteiger partial charge in [-0.1, -0.05) is 42.5 Å². The fourth-order valence-corrected chi connectivity index (χ4v) is 5.49. The molecule has 36 heavy (non-hydrogen) atoms. The van der Waals surface area contributed by atoms with Crippen molar-refractivity contribution in [2.75, 3.05) is 12.3 Å². The van der Waals surface area contributed by atoms with Crippen LogP contribution in [0.3, 0.4) is 0 Å². The summed E-state index contributed by atoms with van der Waals surface area (Å²) >= 11 is -2.67. The first-order chi connectivity index (χ1) is 17.4. The third kappa shape index (κ3) is 4.11. The summed E-state index contributed by atoms with van der Waals surface area (Å²) in [6.07, 6.45) is 13.4. The van der Waals surface area contributed by atoms with E-state index in [1.54, 1.807) is 12.4 Å². The molecule has 1 aromatic carbocycles. The molecule has 2 atom stereocenters. The Labute approximate surface area is 209 Å². The van der Waals surface area contributed by atoms with Gasteiger partial charge < -0.3 is 15.4 Å². The minimum absolute atomic E-state index is 0.0851. The molecule has 10 heteroatoms. The van der Waals surface area contributed by atoms with Crippen LogP contribution in [0, 0.1) is 0 Å². The Kier molecular flexibility index (Phi) is 5.68. The number of aliphatic hydroxyl groups is 1. The van der Waals surface area contributed by atoms with Gasteiger partial charge in [0.15, 0.2) is 0 Å². The Morgan fingerprint density at radius 1 is 1.22 bits per heavy atom. The molecular weight excluding hydrogens is 478 g/mol. The molecular formula is C26H24N5O4S-. The summed E-state index contributed by atoms with van der Waals surface area (Å²) in [6.45, 7) is -0.274. The quantitative estimate of drug-likeness (QED) is 0.382. The minimum Gasteiger partial charge on any atom is -0.750 e. The average molecular weight is 503 g/mol. The lowest BCUT2D eigenvalue weighted by Crippen LogP contribution is -2.47. The van der Waals surface area contributed by atoms with Crippen LogP contribution < -0.4 is 5.73 Å². The molecule has 0 saturated heterocycles. The Morgan fingerprint density at radius 2 is 2.06 bits per heavy atom. The highest BCUT2D eigenvalue weighted by atomic mass is 32.2. The van der Waals surface area contributed by atoms with Gasteiger partial charge in [0, 0.05) is 40.9 Å². The Hall–Kier alpha value is -3.44. The molecule has 9 nitrogen and oxygen atoms in total. The number of pyridine rings is 1. The number of fused-ring (bicyclic) bond motifs is 2. The van der Waals surface area contributed by atoms with Crippen molar-refractivity contribution in [3.05, 3.63) is 78.5 Å². The smallest absolute Gasteiger partial charge is 0.150 e. The fourth-order valence-electron chi connectivity index (χ4n) is 5.18. The predicted octanol–water partition coefficient (Wildman–Crippen LogP) is 3.55. The van der Waals surface area contributed by atoms with Gasteiger partial charge in [0.05, 0.1) is 29.1 Å². The van der Waals surface area contributed by atoms with E-state index < -0.39 is 17.0 Å². The van der Waals surface area contributed by atoms with E-state index >= 15 is 0 Å². The molecule has 1 saturated carbocycles. The van der Waals surface area contributed by atoms with Crippen LogP contribution in [0.2, 0.25) is 0 Å². The second kappa shape index (κ2) is 8.90. The molecule has 0 aliphatic heterocycles. The molecule has 0 bridgehead atoms. The van der Waals surface area contributed by atoms with Crippen molar-refractivity contribution in [3.63, 3.8) is 0 Å². The normalized spacial score (nSPS) is 24.3. The monoisotopic (exact) mass is 502 g/mol. The zero-order chi connectivity index (χ0) is 24.9. The van der Waals surface area contributed by atoms with Crippen LogP contribution in [-0.4, -0.2) is 45.4 Å². The number of nitrogens with two attached hydrogens (primary N) is 1. The molecule has 2 aliphatic carbocycles. The van der Waals surface area contributed by atoms with Gasteiger partial charge >= 0.3 is 0 Å². The van der Waals surface area contributed by atoms with Crippen LogP contribution in [-0.2, 0) is 15.5 Å². The Bertz CT molecular complexity index is 1560. The van der Waals surface area contributed by atoms with Gasteiger partial charge in [-0.2, -0.15) is 0 Å². The van der Waals surface area contributed by atoms with Gasteiger partial charge in [0.25, 0.3) is 0 Å². The zero-order valence-electron chi connectivity index (χ0n) is 19.3. The highest BCUT2D eigenvalue weighted by Gasteiger charge is 2.46.